The molecule has 0 spiro atoms. The minimum atomic E-state index is -1.59. The van der Waals surface area contributed by atoms with Crippen molar-refractivity contribution in [2.45, 2.75) is 89.1 Å². The third-order valence-electron chi connectivity index (χ3n) is 10.1. The number of hydrogen-bond donors (Lipinski definition) is 1. The first-order chi connectivity index (χ1) is 17.7. The molecule has 0 unspecified atom stereocenters. The minimum absolute atomic E-state index is 0.00401. The second-order valence-electron chi connectivity index (χ2n) is 12.1. The zero-order valence-electron chi connectivity index (χ0n) is 22.1. The molecule has 0 radical (unpaired) electrons. The molecular weight excluding hydrogens is 518 g/mol. The summed E-state index contributed by atoms with van der Waals surface area (Å²) in [7, 11) is 0. The van der Waals surface area contributed by atoms with E-state index in [1.165, 1.54) is 6.08 Å². The van der Waals surface area contributed by atoms with Gasteiger partial charge in [-0.1, -0.05) is 31.2 Å². The normalized spacial score (nSPS) is 44.1. The van der Waals surface area contributed by atoms with E-state index in [1.54, 1.807) is 20.8 Å². The molecule has 38 heavy (non-hydrogen) atoms. The van der Waals surface area contributed by atoms with E-state index in [1.807, 2.05) is 6.92 Å². The summed E-state index contributed by atoms with van der Waals surface area (Å²) in [6, 6.07) is 0. The summed E-state index contributed by atoms with van der Waals surface area (Å²) < 4.78 is 41.3. The number of ether oxygens (including phenoxy) is 2. The van der Waals surface area contributed by atoms with E-state index in [0.29, 0.717) is 31.3 Å². The Hall–Kier alpha value is -2.07. The lowest BCUT2D eigenvalue weighted by molar-refractivity contribution is -0.215. The van der Waals surface area contributed by atoms with Crippen LogP contribution >= 0.6 is 11.8 Å². The first kappa shape index (κ1) is 27.5. The molecule has 0 aromatic carbocycles. The van der Waals surface area contributed by atoms with E-state index in [9.17, 15) is 28.7 Å². The van der Waals surface area contributed by atoms with Gasteiger partial charge in [-0.2, -0.15) is 4.39 Å². The van der Waals surface area contributed by atoms with Crippen molar-refractivity contribution in [1.82, 2.24) is 0 Å². The lowest BCUT2D eigenvalue weighted by atomic mass is 9.43. The number of esters is 2. The predicted molar refractivity (Wildman–Crippen MR) is 134 cm³/mol. The fourth-order valence-electron chi connectivity index (χ4n) is 8.65. The van der Waals surface area contributed by atoms with Gasteiger partial charge in [0.15, 0.2) is 5.60 Å². The van der Waals surface area contributed by atoms with Gasteiger partial charge >= 0.3 is 11.9 Å². The lowest BCUT2D eigenvalue weighted by Gasteiger charge is -2.63. The number of hydrogen-bond acceptors (Lipinski definition) is 8. The Balaban J connectivity index is 1.58. The van der Waals surface area contributed by atoms with Crippen LogP contribution in [0.25, 0.3) is 0 Å². The van der Waals surface area contributed by atoms with Gasteiger partial charge in [-0.25, -0.2) is 4.39 Å². The highest BCUT2D eigenvalue weighted by atomic mass is 32.2. The van der Waals surface area contributed by atoms with Gasteiger partial charge in [-0.3, -0.25) is 19.2 Å². The number of halogens is 2. The molecule has 0 aromatic heterocycles. The number of allylic oxidation sites excluding steroid dienone is 4. The maximum atomic E-state index is 15.6. The Morgan fingerprint density at radius 1 is 1.18 bits per heavy atom. The molecule has 1 saturated heterocycles. The molecule has 8 atom stereocenters. The quantitative estimate of drug-likeness (QED) is 0.508. The lowest BCUT2D eigenvalue weighted by Crippen LogP contribution is -2.66. The van der Waals surface area contributed by atoms with Crippen molar-refractivity contribution in [1.29, 1.82) is 0 Å². The monoisotopic (exact) mass is 552 g/mol. The molecule has 4 aliphatic carbocycles. The van der Waals surface area contributed by atoms with E-state index in [2.05, 4.69) is 0 Å². The van der Waals surface area contributed by atoms with Gasteiger partial charge in [-0.05, 0) is 63.9 Å². The van der Waals surface area contributed by atoms with Crippen LogP contribution in [0.1, 0.15) is 72.6 Å². The van der Waals surface area contributed by atoms with Crippen molar-refractivity contribution in [3.63, 3.8) is 0 Å². The van der Waals surface area contributed by atoms with Crippen molar-refractivity contribution < 1.29 is 42.5 Å². The summed E-state index contributed by atoms with van der Waals surface area (Å²) in [6.07, 6.45) is 3.13. The van der Waals surface area contributed by atoms with Gasteiger partial charge in [0.05, 0.1) is 12.2 Å². The number of carbonyl (C=O) groups is 4. The first-order valence-electron chi connectivity index (χ1n) is 13.4. The van der Waals surface area contributed by atoms with E-state index in [0.717, 1.165) is 11.8 Å². The molecule has 0 bridgehead atoms. The summed E-state index contributed by atoms with van der Waals surface area (Å²) in [5.74, 6) is -5.92. The molecule has 1 heterocycles. The topological polar surface area (TPSA) is 107 Å². The number of rotatable bonds is 4. The highest BCUT2D eigenvalue weighted by Gasteiger charge is 2.73. The summed E-state index contributed by atoms with van der Waals surface area (Å²) in [4.78, 5) is 51.0. The van der Waals surface area contributed by atoms with E-state index in [4.69, 9.17) is 9.47 Å². The zero-order chi connectivity index (χ0) is 27.8. The number of ketones is 1. The molecule has 5 rings (SSSR count). The molecule has 3 saturated carbocycles. The third kappa shape index (κ3) is 3.61. The van der Waals surface area contributed by atoms with Crippen molar-refractivity contribution in [3.05, 3.63) is 23.3 Å². The van der Waals surface area contributed by atoms with Crippen LogP contribution in [0.15, 0.2) is 23.3 Å². The number of carbonyl (C=O) groups excluding carboxylic acids is 4. The van der Waals surface area contributed by atoms with Crippen LogP contribution in [0.4, 0.5) is 8.78 Å². The van der Waals surface area contributed by atoms with Crippen molar-refractivity contribution in [3.8, 4) is 0 Å². The predicted octanol–water partition coefficient (Wildman–Crippen LogP) is 4.52. The number of fused-ring (bicyclic) bond motifs is 5. The zero-order valence-corrected chi connectivity index (χ0v) is 22.9. The highest BCUT2D eigenvalue weighted by molar-refractivity contribution is 8.14. The fourth-order valence-corrected chi connectivity index (χ4v) is 9.85. The van der Waals surface area contributed by atoms with Gasteiger partial charge in [0.2, 0.25) is 16.7 Å². The highest BCUT2D eigenvalue weighted by Crippen LogP contribution is 2.71. The molecule has 5 aliphatic rings. The van der Waals surface area contributed by atoms with E-state index >= 15 is 4.39 Å². The molecular formula is C28H34F2O7S. The van der Waals surface area contributed by atoms with E-state index < -0.39 is 67.7 Å². The van der Waals surface area contributed by atoms with Crippen LogP contribution in [-0.2, 0) is 28.7 Å². The second-order valence-corrected chi connectivity index (χ2v) is 13.3. The van der Waals surface area contributed by atoms with Crippen molar-refractivity contribution in [2.75, 3.05) is 6.61 Å². The molecule has 1 N–H and O–H groups in total. The average molecular weight is 553 g/mol. The standard InChI is InChI=1S/C28H34F2O7S/c1-5-19(32)37-28(24(34)38-18-9-11-36-23(18)33)10-8-16-15-7-6-14-12-17(31)20(29)22(30)27(14,4)21(15)26(3,35)13-25(16,28)2/h12,15-16,18,21,35H,5-11,13H2,1-4H3/t15-,16-,18-,21+,25-,26-,27-,28-/m0/s1. The van der Waals surface area contributed by atoms with Crippen molar-refractivity contribution >= 4 is 34.6 Å². The Kier molecular flexibility index (Phi) is 6.50. The smallest absolute Gasteiger partial charge is 0.319 e. The Morgan fingerprint density at radius 3 is 2.53 bits per heavy atom. The largest absolute Gasteiger partial charge is 0.465 e. The number of thioether (sulfide) groups is 1. The second kappa shape index (κ2) is 8.98. The molecule has 4 fully saturated rings. The maximum Gasteiger partial charge on any atom is 0.319 e. The third-order valence-corrected chi connectivity index (χ3v) is 11.4. The Labute approximate surface area is 224 Å². The van der Waals surface area contributed by atoms with E-state index in [-0.39, 0.29) is 37.7 Å². The SMILES string of the molecule is CCC(=O)O[C@]1(C(=O)S[C@H]2CCOC2=O)CC[C@H]2[C@@H]3CCC4=CC(=O)C(F)=C(F)[C@]4(C)[C@H]3[C@@](C)(O)C[C@@]21C. The molecule has 7 nitrogen and oxygen atoms in total. The van der Waals surface area contributed by atoms with Crippen LogP contribution in [0, 0.1) is 28.6 Å². The number of cyclic esters (lactones) is 1. The van der Waals surface area contributed by atoms with Gasteiger partial charge < -0.3 is 14.6 Å². The molecule has 208 valence electrons. The molecule has 0 amide bonds. The summed E-state index contributed by atoms with van der Waals surface area (Å²) >= 11 is 0.830. The van der Waals surface area contributed by atoms with Crippen LogP contribution in [0.5, 0.6) is 0 Å². The van der Waals surface area contributed by atoms with Crippen molar-refractivity contribution in [2.24, 2.45) is 28.6 Å². The summed E-state index contributed by atoms with van der Waals surface area (Å²) in [5, 5.41) is 10.9. The first-order valence-corrected chi connectivity index (χ1v) is 14.2. The molecule has 10 heteroatoms. The van der Waals surface area contributed by atoms with Crippen LogP contribution < -0.4 is 0 Å². The fraction of sp³-hybridized carbons (Fsp3) is 0.714. The summed E-state index contributed by atoms with van der Waals surface area (Å²) in [5.41, 5.74) is -5.22. The van der Waals surface area contributed by atoms with Crippen LogP contribution in [-0.4, -0.2) is 51.0 Å². The minimum Gasteiger partial charge on any atom is -0.465 e. The van der Waals surface area contributed by atoms with Crippen LogP contribution in [0.3, 0.4) is 0 Å². The maximum absolute atomic E-state index is 15.6. The van der Waals surface area contributed by atoms with Gasteiger partial charge in [-0.15, -0.1) is 0 Å². The van der Waals surface area contributed by atoms with Gasteiger partial charge in [0.25, 0.3) is 0 Å². The molecule has 0 aromatic rings. The average Bonchev–Trinajstić information content (AvgIpc) is 3.38. The number of aliphatic hydroxyl groups is 1. The summed E-state index contributed by atoms with van der Waals surface area (Å²) in [6.45, 7) is 6.82. The van der Waals surface area contributed by atoms with Gasteiger partial charge in [0.1, 0.15) is 11.1 Å². The van der Waals surface area contributed by atoms with Crippen LogP contribution in [0.2, 0.25) is 0 Å². The van der Waals surface area contributed by atoms with Gasteiger partial charge in [0, 0.05) is 29.6 Å². The Bertz CT molecular complexity index is 1180. The molecule has 1 aliphatic heterocycles. The Morgan fingerprint density at radius 2 is 1.89 bits per heavy atom.